The van der Waals surface area contributed by atoms with E-state index in [4.69, 9.17) is 23.8 Å². The molecule has 0 bridgehead atoms. The van der Waals surface area contributed by atoms with Crippen LogP contribution in [0.4, 0.5) is 0 Å². The Bertz CT molecular complexity index is 1520. The number of phosphoric ester groups is 2. The van der Waals surface area contributed by atoms with E-state index in [0.29, 0.717) is 12.8 Å². The van der Waals surface area contributed by atoms with Gasteiger partial charge in [0.05, 0.1) is 19.8 Å². The first-order valence-corrected chi connectivity index (χ1v) is 24.9. The molecule has 0 aliphatic rings. The molecular weight excluding hydrogens is 838 g/mol. The third-order valence-corrected chi connectivity index (χ3v) is 9.85. The van der Waals surface area contributed by atoms with Gasteiger partial charge in [-0.15, -0.1) is 0 Å². The fourth-order valence-electron chi connectivity index (χ4n) is 5.06. The zero-order valence-electron chi connectivity index (χ0n) is 36.9. The maximum atomic E-state index is 12.6. The zero-order chi connectivity index (χ0) is 46.0. The summed E-state index contributed by atoms with van der Waals surface area (Å²) in [5, 5.41) is 9.74. The lowest BCUT2D eigenvalue weighted by Gasteiger charge is -2.20. The molecule has 0 aliphatic heterocycles. The summed E-state index contributed by atoms with van der Waals surface area (Å²) < 4.78 is 47.5. The quantitative estimate of drug-likeness (QED) is 0.0112. The summed E-state index contributed by atoms with van der Waals surface area (Å²) in [6.45, 7) is 1.34. The Morgan fingerprint density at radius 3 is 1.52 bits per heavy atom. The van der Waals surface area contributed by atoms with E-state index in [2.05, 4.69) is 83.7 Å². The van der Waals surface area contributed by atoms with Crippen LogP contribution in [0.25, 0.3) is 0 Å². The maximum absolute atomic E-state index is 12.6. The van der Waals surface area contributed by atoms with Crippen LogP contribution >= 0.6 is 15.6 Å². The van der Waals surface area contributed by atoms with Crippen LogP contribution < -0.4 is 0 Å². The lowest BCUT2D eigenvalue weighted by Crippen LogP contribution is -2.30. The van der Waals surface area contributed by atoms with Crippen LogP contribution in [-0.2, 0) is 46.6 Å². The summed E-state index contributed by atoms with van der Waals surface area (Å²) >= 11 is 0. The van der Waals surface area contributed by atoms with Gasteiger partial charge in [0.2, 0.25) is 0 Å². The molecule has 0 radical (unpaired) electrons. The number of aliphatic hydroxyl groups excluding tert-OH is 1. The Balaban J connectivity index is 4.82. The number of ketones is 1. The van der Waals surface area contributed by atoms with Crippen molar-refractivity contribution < 1.29 is 66.3 Å². The molecule has 0 rings (SSSR count). The van der Waals surface area contributed by atoms with Crippen molar-refractivity contribution >= 4 is 33.4 Å². The molecule has 0 aromatic carbocycles. The number of phosphoric acid groups is 2. The van der Waals surface area contributed by atoms with Crippen LogP contribution in [0.2, 0.25) is 0 Å². The van der Waals surface area contributed by atoms with E-state index in [1.54, 1.807) is 12.2 Å². The zero-order valence-corrected chi connectivity index (χ0v) is 38.7. The topological polar surface area (TPSA) is 212 Å². The molecule has 0 aromatic rings. The number of rotatable bonds is 40. The second-order valence-corrected chi connectivity index (χ2v) is 17.0. The van der Waals surface area contributed by atoms with E-state index in [1.807, 2.05) is 18.2 Å². The number of unbranched alkanes of at least 4 members (excludes halogenated alkanes) is 7. The average Bonchev–Trinajstić information content (AvgIpc) is 3.22. The fourth-order valence-corrected chi connectivity index (χ4v) is 6.21. The van der Waals surface area contributed by atoms with Crippen molar-refractivity contribution in [1.29, 1.82) is 0 Å². The minimum atomic E-state index is -4.90. The molecule has 62 heavy (non-hydrogen) atoms. The van der Waals surface area contributed by atoms with E-state index in [0.717, 1.165) is 44.9 Å². The molecule has 0 saturated carbocycles. The lowest BCUT2D eigenvalue weighted by molar-refractivity contribution is -0.161. The van der Waals surface area contributed by atoms with Gasteiger partial charge in [0.15, 0.2) is 11.9 Å². The summed E-state index contributed by atoms with van der Waals surface area (Å²) in [7, 11) is -9.79. The van der Waals surface area contributed by atoms with Crippen LogP contribution in [0.1, 0.15) is 136 Å². The Kier molecular flexibility index (Phi) is 38.3. The van der Waals surface area contributed by atoms with Crippen molar-refractivity contribution in [2.75, 3.05) is 26.4 Å². The summed E-state index contributed by atoms with van der Waals surface area (Å²) in [6, 6.07) is 0. The molecule has 0 aromatic heterocycles. The SMILES string of the molecule is CCCCC/C=C\C/C=C\C/C=C\C=C\C(=O)CCCC(=O)O[C@H](COC(=O)CCC/C=C\C/C=C\C/C=C\C/C=C\CCCCC)COP(=O)(O)OC[C@@H](O)COP(=O)(O)O. The Morgan fingerprint density at radius 2 is 0.984 bits per heavy atom. The number of esters is 2. The molecule has 352 valence electrons. The van der Waals surface area contributed by atoms with Gasteiger partial charge in [0.25, 0.3) is 0 Å². The van der Waals surface area contributed by atoms with Gasteiger partial charge in [-0.3, -0.25) is 28.0 Å². The van der Waals surface area contributed by atoms with E-state index < -0.39 is 66.2 Å². The standard InChI is InChI=1S/C46H74O14P2/c1-3-5-7-9-11-13-15-17-18-19-20-22-24-26-28-30-32-36-45(49)56-40-44(41-59-62(54,55)58-39-43(48)38-57-61(51,52)53)60-46(50)37-33-35-42(47)34-31-29-27-25-23-21-16-14-12-10-8-6-4-2/h11-14,17-18,20-23,26-29,31,34,43-44,48H,3-10,15-16,19,24-25,30,32-33,35-41H2,1-2H3,(H,54,55)(H2,51,52,53)/b13-11-,14-12-,18-17-,22-20-,23-21-,28-26-,29-27-,34-31+/t43-,44+/m0/s1. The number of carbonyl (C=O) groups is 3. The van der Waals surface area contributed by atoms with Gasteiger partial charge in [-0.05, 0) is 83.1 Å². The summed E-state index contributed by atoms with van der Waals surface area (Å²) in [4.78, 5) is 64.9. The van der Waals surface area contributed by atoms with Gasteiger partial charge >= 0.3 is 27.6 Å². The van der Waals surface area contributed by atoms with Crippen LogP contribution in [-0.4, -0.2) is 76.1 Å². The highest BCUT2D eigenvalue weighted by Crippen LogP contribution is 2.43. The third kappa shape index (κ3) is 43.4. The average molecular weight is 913 g/mol. The number of aliphatic hydroxyl groups is 1. The molecule has 0 heterocycles. The summed E-state index contributed by atoms with van der Waals surface area (Å²) in [6.07, 6.45) is 44.2. The molecular formula is C46H74O14P2. The van der Waals surface area contributed by atoms with Gasteiger partial charge in [-0.2, -0.15) is 0 Å². The van der Waals surface area contributed by atoms with Crippen molar-refractivity contribution in [2.45, 2.75) is 148 Å². The number of ether oxygens (including phenoxy) is 2. The van der Waals surface area contributed by atoms with Crippen LogP contribution in [0.3, 0.4) is 0 Å². The molecule has 0 spiro atoms. The van der Waals surface area contributed by atoms with Gasteiger partial charge in [0.1, 0.15) is 12.7 Å². The fraction of sp³-hybridized carbons (Fsp3) is 0.587. The smallest absolute Gasteiger partial charge is 0.462 e. The predicted molar refractivity (Wildman–Crippen MR) is 244 cm³/mol. The number of hydrogen-bond donors (Lipinski definition) is 4. The lowest BCUT2D eigenvalue weighted by atomic mass is 10.1. The Labute approximate surface area is 370 Å². The van der Waals surface area contributed by atoms with Gasteiger partial charge < -0.3 is 29.3 Å². The van der Waals surface area contributed by atoms with Crippen molar-refractivity contribution in [2.24, 2.45) is 0 Å². The Morgan fingerprint density at radius 1 is 0.516 bits per heavy atom. The molecule has 0 aliphatic carbocycles. The van der Waals surface area contributed by atoms with Crippen LogP contribution in [0.5, 0.6) is 0 Å². The second kappa shape index (κ2) is 40.5. The van der Waals surface area contributed by atoms with Crippen molar-refractivity contribution in [3.8, 4) is 0 Å². The van der Waals surface area contributed by atoms with Crippen molar-refractivity contribution in [1.82, 2.24) is 0 Å². The summed E-state index contributed by atoms with van der Waals surface area (Å²) in [5.41, 5.74) is 0. The minimum Gasteiger partial charge on any atom is -0.462 e. The van der Waals surface area contributed by atoms with E-state index in [9.17, 15) is 33.5 Å². The molecule has 14 nitrogen and oxygen atoms in total. The normalized spacial score (nSPS) is 14.8. The van der Waals surface area contributed by atoms with Crippen molar-refractivity contribution in [3.05, 3.63) is 97.2 Å². The molecule has 3 atom stereocenters. The first-order chi connectivity index (χ1) is 29.8. The third-order valence-electron chi connectivity index (χ3n) is 8.41. The number of carbonyl (C=O) groups excluding carboxylic acids is 3. The highest BCUT2D eigenvalue weighted by atomic mass is 31.2. The molecule has 4 N–H and O–H groups in total. The first-order valence-electron chi connectivity index (χ1n) is 21.9. The highest BCUT2D eigenvalue weighted by molar-refractivity contribution is 7.47. The molecule has 0 amide bonds. The second-order valence-electron chi connectivity index (χ2n) is 14.3. The van der Waals surface area contributed by atoms with Crippen LogP contribution in [0.15, 0.2) is 97.2 Å². The Hall–Kier alpha value is -3.29. The number of allylic oxidation sites excluding steroid dienone is 16. The van der Waals surface area contributed by atoms with Gasteiger partial charge in [0, 0.05) is 19.3 Å². The molecule has 1 unspecified atom stereocenters. The first kappa shape index (κ1) is 58.7. The largest absolute Gasteiger partial charge is 0.472 e. The summed E-state index contributed by atoms with van der Waals surface area (Å²) in [5.74, 6) is -1.56. The monoisotopic (exact) mass is 912 g/mol. The minimum absolute atomic E-state index is 0.0628. The van der Waals surface area contributed by atoms with Gasteiger partial charge in [-0.1, -0.05) is 131 Å². The molecule has 16 heteroatoms. The van der Waals surface area contributed by atoms with E-state index >= 15 is 0 Å². The van der Waals surface area contributed by atoms with Crippen molar-refractivity contribution in [3.63, 3.8) is 0 Å². The molecule has 0 fully saturated rings. The molecule has 0 saturated heterocycles. The highest BCUT2D eigenvalue weighted by Gasteiger charge is 2.28. The number of hydrogen-bond acceptors (Lipinski definition) is 11. The van der Waals surface area contributed by atoms with E-state index in [-0.39, 0.29) is 31.5 Å². The van der Waals surface area contributed by atoms with Gasteiger partial charge in [-0.25, -0.2) is 9.13 Å². The predicted octanol–water partition coefficient (Wildman–Crippen LogP) is 10.5. The maximum Gasteiger partial charge on any atom is 0.472 e. The van der Waals surface area contributed by atoms with E-state index in [1.165, 1.54) is 44.6 Å². The van der Waals surface area contributed by atoms with Crippen LogP contribution in [0, 0.1) is 0 Å².